The van der Waals surface area contributed by atoms with Crippen LogP contribution in [0, 0.1) is 0 Å². The summed E-state index contributed by atoms with van der Waals surface area (Å²) in [5, 5.41) is 6.82. The van der Waals surface area contributed by atoms with Gasteiger partial charge in [-0.05, 0) is 50.8 Å². The molecule has 1 aliphatic heterocycles. The van der Waals surface area contributed by atoms with E-state index in [1.165, 1.54) is 37.2 Å². The van der Waals surface area contributed by atoms with Crippen molar-refractivity contribution >= 4 is 11.6 Å². The Morgan fingerprint density at radius 3 is 2.83 bits per heavy atom. The molecule has 5 heteroatoms. The zero-order chi connectivity index (χ0) is 17.2. The van der Waals surface area contributed by atoms with E-state index in [0.29, 0.717) is 0 Å². The van der Waals surface area contributed by atoms with E-state index >= 15 is 0 Å². The van der Waals surface area contributed by atoms with Crippen LogP contribution < -0.4 is 15.5 Å². The minimum Gasteiger partial charge on any atom is -0.382 e. The SMILES string of the molecule is CCOCCCNC(=NC)NC(C)c1cccc(N2CCCC2)c1. The average Bonchev–Trinajstić information content (AvgIpc) is 3.15. The van der Waals surface area contributed by atoms with E-state index in [9.17, 15) is 0 Å². The third-order valence-electron chi connectivity index (χ3n) is 4.38. The van der Waals surface area contributed by atoms with Crippen molar-refractivity contribution < 1.29 is 4.74 Å². The lowest BCUT2D eigenvalue weighted by Gasteiger charge is -2.22. The predicted molar refractivity (Wildman–Crippen MR) is 102 cm³/mol. The van der Waals surface area contributed by atoms with Gasteiger partial charge in [-0.2, -0.15) is 0 Å². The molecule has 1 fully saturated rings. The topological polar surface area (TPSA) is 48.9 Å². The molecule has 0 radical (unpaired) electrons. The summed E-state index contributed by atoms with van der Waals surface area (Å²) < 4.78 is 5.36. The van der Waals surface area contributed by atoms with Crippen molar-refractivity contribution in [3.63, 3.8) is 0 Å². The Hall–Kier alpha value is -1.75. The molecule has 1 saturated heterocycles. The van der Waals surface area contributed by atoms with Crippen LogP contribution in [0.15, 0.2) is 29.3 Å². The lowest BCUT2D eigenvalue weighted by molar-refractivity contribution is 0.145. The van der Waals surface area contributed by atoms with E-state index in [1.54, 1.807) is 0 Å². The zero-order valence-corrected chi connectivity index (χ0v) is 15.3. The van der Waals surface area contributed by atoms with Crippen molar-refractivity contribution in [2.24, 2.45) is 4.99 Å². The maximum atomic E-state index is 5.36. The maximum Gasteiger partial charge on any atom is 0.191 e. The van der Waals surface area contributed by atoms with Crippen molar-refractivity contribution in [1.29, 1.82) is 0 Å². The standard InChI is InChI=1S/C19H32N4O/c1-4-24-14-8-11-21-19(20-3)22-16(2)17-9-7-10-18(15-17)23-12-5-6-13-23/h7,9-10,15-16H,4-6,8,11-14H2,1-3H3,(H2,20,21,22). The molecule has 0 bridgehead atoms. The number of hydrogen-bond acceptors (Lipinski definition) is 3. The third-order valence-corrected chi connectivity index (χ3v) is 4.38. The fourth-order valence-electron chi connectivity index (χ4n) is 2.97. The largest absolute Gasteiger partial charge is 0.382 e. The van der Waals surface area contributed by atoms with Gasteiger partial charge in [-0.3, -0.25) is 4.99 Å². The van der Waals surface area contributed by atoms with Crippen LogP contribution in [0.2, 0.25) is 0 Å². The Balaban J connectivity index is 1.85. The van der Waals surface area contributed by atoms with Crippen LogP contribution >= 0.6 is 0 Å². The fraction of sp³-hybridized carbons (Fsp3) is 0.632. The Bertz CT molecular complexity index is 512. The Morgan fingerprint density at radius 2 is 2.12 bits per heavy atom. The maximum absolute atomic E-state index is 5.36. The lowest BCUT2D eigenvalue weighted by atomic mass is 10.1. The van der Waals surface area contributed by atoms with Gasteiger partial charge >= 0.3 is 0 Å². The first kappa shape index (κ1) is 18.6. The predicted octanol–water partition coefficient (Wildman–Crippen LogP) is 2.94. The average molecular weight is 332 g/mol. The number of benzene rings is 1. The Morgan fingerprint density at radius 1 is 1.33 bits per heavy atom. The van der Waals surface area contributed by atoms with E-state index in [-0.39, 0.29) is 6.04 Å². The number of nitrogens with zero attached hydrogens (tertiary/aromatic N) is 2. The number of aliphatic imine (C=N–C) groups is 1. The first-order valence-corrected chi connectivity index (χ1v) is 9.14. The van der Waals surface area contributed by atoms with Gasteiger partial charge < -0.3 is 20.3 Å². The summed E-state index contributed by atoms with van der Waals surface area (Å²) in [4.78, 5) is 6.78. The summed E-state index contributed by atoms with van der Waals surface area (Å²) in [7, 11) is 1.81. The van der Waals surface area contributed by atoms with Crippen LogP contribution in [0.1, 0.15) is 44.7 Å². The van der Waals surface area contributed by atoms with Gasteiger partial charge in [-0.15, -0.1) is 0 Å². The molecule has 0 aliphatic carbocycles. The van der Waals surface area contributed by atoms with E-state index in [0.717, 1.165) is 32.1 Å². The second-order valence-electron chi connectivity index (χ2n) is 6.20. The first-order valence-electron chi connectivity index (χ1n) is 9.14. The van der Waals surface area contributed by atoms with Gasteiger partial charge in [-0.1, -0.05) is 12.1 Å². The van der Waals surface area contributed by atoms with Crippen molar-refractivity contribution in [3.8, 4) is 0 Å². The molecular formula is C19H32N4O. The highest BCUT2D eigenvalue weighted by Crippen LogP contribution is 2.23. The summed E-state index contributed by atoms with van der Waals surface area (Å²) in [5.41, 5.74) is 2.62. The molecule has 2 rings (SSSR count). The molecule has 1 unspecified atom stereocenters. The normalized spacial score (nSPS) is 16.3. The van der Waals surface area contributed by atoms with E-state index in [2.05, 4.69) is 51.7 Å². The van der Waals surface area contributed by atoms with Crippen LogP contribution in [0.25, 0.3) is 0 Å². The van der Waals surface area contributed by atoms with Gasteiger partial charge in [0.15, 0.2) is 5.96 Å². The highest BCUT2D eigenvalue weighted by atomic mass is 16.5. The van der Waals surface area contributed by atoms with Crippen molar-refractivity contribution in [1.82, 2.24) is 10.6 Å². The second kappa shape index (κ2) is 10.2. The smallest absolute Gasteiger partial charge is 0.191 e. The van der Waals surface area contributed by atoms with Gasteiger partial charge in [0.05, 0.1) is 6.04 Å². The molecule has 134 valence electrons. The van der Waals surface area contributed by atoms with E-state index < -0.39 is 0 Å². The van der Waals surface area contributed by atoms with Crippen LogP contribution in [-0.4, -0.2) is 45.9 Å². The first-order chi connectivity index (χ1) is 11.7. The van der Waals surface area contributed by atoms with Gasteiger partial charge in [-0.25, -0.2) is 0 Å². The van der Waals surface area contributed by atoms with Gasteiger partial charge in [0, 0.05) is 45.6 Å². The van der Waals surface area contributed by atoms with Crippen LogP contribution in [0.3, 0.4) is 0 Å². The van der Waals surface area contributed by atoms with Crippen molar-refractivity contribution in [2.45, 2.75) is 39.2 Å². The molecule has 0 spiro atoms. The minimum atomic E-state index is 0.214. The van der Waals surface area contributed by atoms with Gasteiger partial charge in [0.2, 0.25) is 0 Å². The summed E-state index contributed by atoms with van der Waals surface area (Å²) in [5.74, 6) is 0.838. The zero-order valence-electron chi connectivity index (χ0n) is 15.3. The molecule has 1 aromatic rings. The highest BCUT2D eigenvalue weighted by Gasteiger charge is 2.14. The summed E-state index contributed by atoms with van der Waals surface area (Å²) >= 11 is 0. The van der Waals surface area contributed by atoms with Gasteiger partial charge in [0.1, 0.15) is 0 Å². The third kappa shape index (κ3) is 5.71. The van der Waals surface area contributed by atoms with Crippen molar-refractivity contribution in [3.05, 3.63) is 29.8 Å². The Labute approximate surface area is 146 Å². The molecule has 5 nitrogen and oxygen atoms in total. The van der Waals surface area contributed by atoms with E-state index in [4.69, 9.17) is 4.74 Å². The van der Waals surface area contributed by atoms with Crippen LogP contribution in [0.4, 0.5) is 5.69 Å². The molecule has 1 aromatic carbocycles. The number of rotatable bonds is 8. The molecule has 24 heavy (non-hydrogen) atoms. The van der Waals surface area contributed by atoms with Crippen LogP contribution in [0.5, 0.6) is 0 Å². The molecule has 1 heterocycles. The monoisotopic (exact) mass is 332 g/mol. The fourth-order valence-corrected chi connectivity index (χ4v) is 2.97. The summed E-state index contributed by atoms with van der Waals surface area (Å²) in [6.07, 6.45) is 3.58. The van der Waals surface area contributed by atoms with Crippen LogP contribution in [-0.2, 0) is 4.74 Å². The number of anilines is 1. The molecule has 2 N–H and O–H groups in total. The second-order valence-corrected chi connectivity index (χ2v) is 6.20. The molecule has 0 saturated carbocycles. The number of nitrogens with one attached hydrogen (secondary N) is 2. The molecule has 1 atom stereocenters. The number of ether oxygens (including phenoxy) is 1. The molecule has 0 aromatic heterocycles. The lowest BCUT2D eigenvalue weighted by Crippen LogP contribution is -2.39. The minimum absolute atomic E-state index is 0.214. The number of hydrogen-bond donors (Lipinski definition) is 2. The quantitative estimate of drug-likeness (QED) is 0.436. The summed E-state index contributed by atoms with van der Waals surface area (Å²) in [6.45, 7) is 8.97. The molecule has 0 amide bonds. The molecular weight excluding hydrogens is 300 g/mol. The van der Waals surface area contributed by atoms with E-state index in [1.807, 2.05) is 14.0 Å². The summed E-state index contributed by atoms with van der Waals surface area (Å²) in [6, 6.07) is 9.05. The Kier molecular flexibility index (Phi) is 7.89. The highest BCUT2D eigenvalue weighted by molar-refractivity contribution is 5.80. The van der Waals surface area contributed by atoms with Gasteiger partial charge in [0.25, 0.3) is 0 Å². The molecule has 1 aliphatic rings. The van der Waals surface area contributed by atoms with Crippen molar-refractivity contribution in [2.75, 3.05) is 44.8 Å². The number of guanidine groups is 1.